The lowest BCUT2D eigenvalue weighted by atomic mass is 10.0. The lowest BCUT2D eigenvalue weighted by Crippen LogP contribution is -2.48. The molecule has 3 aromatic rings. The Morgan fingerprint density at radius 2 is 1.61 bits per heavy atom. The molecule has 3 rings (SSSR count). The lowest BCUT2D eigenvalue weighted by Gasteiger charge is -2.23. The Morgan fingerprint density at radius 1 is 0.902 bits per heavy atom. The van der Waals surface area contributed by atoms with E-state index in [2.05, 4.69) is 43.9 Å². The van der Waals surface area contributed by atoms with Crippen LogP contribution in [0.1, 0.15) is 48.4 Å². The van der Waals surface area contributed by atoms with E-state index in [1.165, 1.54) is 0 Å². The molecule has 2 atom stereocenters. The molecule has 41 heavy (non-hydrogen) atoms. The van der Waals surface area contributed by atoms with Gasteiger partial charge in [-0.15, -0.1) is 0 Å². The average Bonchev–Trinajstić information content (AvgIpc) is 2.95. The first-order chi connectivity index (χ1) is 19.8. The van der Waals surface area contributed by atoms with Gasteiger partial charge in [0.05, 0.1) is 12.5 Å². The van der Waals surface area contributed by atoms with Crippen molar-refractivity contribution >= 4 is 58.1 Å². The number of hydrogen-bond donors (Lipinski definition) is 5. The molecule has 0 heterocycles. The Balaban J connectivity index is 1.59. The van der Waals surface area contributed by atoms with E-state index in [4.69, 9.17) is 5.73 Å². The molecule has 6 N–H and O–H groups in total. The maximum Gasteiger partial charge on any atom is 0.323 e. The topological polar surface area (TPSA) is 142 Å². The van der Waals surface area contributed by atoms with Crippen molar-refractivity contribution < 1.29 is 19.2 Å². The van der Waals surface area contributed by atoms with Crippen LogP contribution >= 0.6 is 22.6 Å². The Bertz CT molecular complexity index is 1310. The molecule has 0 spiro atoms. The van der Waals surface area contributed by atoms with Gasteiger partial charge in [-0.3, -0.25) is 9.59 Å². The van der Waals surface area contributed by atoms with E-state index in [-0.39, 0.29) is 30.7 Å². The normalized spacial score (nSPS) is 12.1. The average molecular weight is 670 g/mol. The molecule has 0 radical (unpaired) electrons. The first-order valence-electron chi connectivity index (χ1n) is 13.5. The predicted molar refractivity (Wildman–Crippen MR) is 170 cm³/mol. The summed E-state index contributed by atoms with van der Waals surface area (Å²) in [7, 11) is 0. The van der Waals surface area contributed by atoms with Gasteiger partial charge in [0, 0.05) is 21.4 Å². The molecule has 0 aliphatic heterocycles. The van der Waals surface area contributed by atoms with Crippen LogP contribution in [0.15, 0.2) is 72.8 Å². The van der Waals surface area contributed by atoms with E-state index < -0.39 is 12.1 Å². The molecule has 0 aliphatic rings. The second kappa shape index (κ2) is 16.5. The molecule has 0 saturated heterocycles. The maximum atomic E-state index is 13.2. The number of anilines is 2. The van der Waals surface area contributed by atoms with Crippen molar-refractivity contribution in [3.05, 3.63) is 93.1 Å². The highest BCUT2D eigenvalue weighted by molar-refractivity contribution is 14.1. The number of unbranched alkanes of at least 4 members (excludes halogenated alkanes) is 1. The number of carbonyl (C=O) groups is 4. The Morgan fingerprint density at radius 3 is 2.27 bits per heavy atom. The molecular weight excluding hydrogens is 633 g/mol. The Kier molecular flexibility index (Phi) is 12.8. The van der Waals surface area contributed by atoms with Crippen LogP contribution in [0.5, 0.6) is 0 Å². The van der Waals surface area contributed by atoms with Crippen molar-refractivity contribution in [2.45, 2.75) is 51.1 Å². The molecule has 0 unspecified atom stereocenters. The van der Waals surface area contributed by atoms with Gasteiger partial charge in [0.1, 0.15) is 12.3 Å². The summed E-state index contributed by atoms with van der Waals surface area (Å²) in [5.41, 5.74) is 9.43. The van der Waals surface area contributed by atoms with Crippen LogP contribution in [0.2, 0.25) is 0 Å². The molecule has 10 heteroatoms. The van der Waals surface area contributed by atoms with Crippen molar-refractivity contribution in [2.24, 2.45) is 5.73 Å². The van der Waals surface area contributed by atoms with Crippen LogP contribution < -0.4 is 27.0 Å². The van der Waals surface area contributed by atoms with Crippen LogP contribution in [0.3, 0.4) is 0 Å². The van der Waals surface area contributed by atoms with Gasteiger partial charge in [-0.25, -0.2) is 4.79 Å². The summed E-state index contributed by atoms with van der Waals surface area (Å²) in [5.74, 6) is -0.655. The number of nitrogens with one attached hydrogen (secondary N) is 4. The van der Waals surface area contributed by atoms with Gasteiger partial charge >= 0.3 is 6.03 Å². The van der Waals surface area contributed by atoms with Gasteiger partial charge < -0.3 is 31.8 Å². The van der Waals surface area contributed by atoms with Crippen LogP contribution in [0.4, 0.5) is 16.2 Å². The SMILES string of the molecule is Cc1ccccc1NC(=O)Nc1ccc(CC(=O)N[C@@H](CCCCN)C(=O)N[C@@H](CC=O)c2ccc(I)cc2)cc1. The number of nitrogens with two attached hydrogens (primary N) is 1. The van der Waals surface area contributed by atoms with Gasteiger partial charge in [-0.2, -0.15) is 0 Å². The lowest BCUT2D eigenvalue weighted by molar-refractivity contribution is -0.129. The van der Waals surface area contributed by atoms with E-state index >= 15 is 0 Å². The monoisotopic (exact) mass is 669 g/mol. The number of aldehydes is 1. The Hall–Kier alpha value is -3.77. The van der Waals surface area contributed by atoms with Crippen LogP contribution in [0, 0.1) is 10.5 Å². The number of carbonyl (C=O) groups excluding carboxylic acids is 4. The first-order valence-corrected chi connectivity index (χ1v) is 14.6. The second-order valence-electron chi connectivity index (χ2n) is 9.69. The molecule has 3 aromatic carbocycles. The highest BCUT2D eigenvalue weighted by Gasteiger charge is 2.24. The molecule has 9 nitrogen and oxygen atoms in total. The third kappa shape index (κ3) is 10.6. The number of aryl methyl sites for hydroxylation is 1. The second-order valence-corrected chi connectivity index (χ2v) is 10.9. The summed E-state index contributed by atoms with van der Waals surface area (Å²) in [6, 6.07) is 20.4. The molecule has 216 valence electrons. The minimum Gasteiger partial charge on any atom is -0.347 e. The van der Waals surface area contributed by atoms with E-state index in [0.29, 0.717) is 25.1 Å². The number of halogens is 1. The summed E-state index contributed by atoms with van der Waals surface area (Å²) in [4.78, 5) is 49.8. The predicted octanol–water partition coefficient (Wildman–Crippen LogP) is 4.85. The first kappa shape index (κ1) is 31.8. The van der Waals surface area contributed by atoms with Crippen LogP contribution in [-0.2, 0) is 20.8 Å². The summed E-state index contributed by atoms with van der Waals surface area (Å²) < 4.78 is 1.05. The third-order valence-electron chi connectivity index (χ3n) is 6.49. The number of hydrogen-bond acceptors (Lipinski definition) is 5. The fourth-order valence-electron chi connectivity index (χ4n) is 4.24. The zero-order valence-corrected chi connectivity index (χ0v) is 25.1. The zero-order chi connectivity index (χ0) is 29.6. The summed E-state index contributed by atoms with van der Waals surface area (Å²) >= 11 is 2.19. The van der Waals surface area contributed by atoms with Gasteiger partial charge in [-0.05, 0) is 102 Å². The van der Waals surface area contributed by atoms with E-state index in [9.17, 15) is 19.2 Å². The maximum absolute atomic E-state index is 13.2. The van der Waals surface area contributed by atoms with Gasteiger partial charge in [0.15, 0.2) is 0 Å². The Labute approximate surface area is 254 Å². The molecule has 0 bridgehead atoms. The number of urea groups is 1. The van der Waals surface area contributed by atoms with Crippen molar-refractivity contribution in [1.29, 1.82) is 0 Å². The summed E-state index contributed by atoms with van der Waals surface area (Å²) in [6.07, 6.45) is 2.77. The van der Waals surface area contributed by atoms with Crippen LogP contribution in [0.25, 0.3) is 0 Å². The summed E-state index contributed by atoms with van der Waals surface area (Å²) in [6.45, 7) is 2.40. The number of para-hydroxylation sites is 1. The van der Waals surface area contributed by atoms with Gasteiger partial charge in [-0.1, -0.05) is 42.5 Å². The fourth-order valence-corrected chi connectivity index (χ4v) is 4.60. The third-order valence-corrected chi connectivity index (χ3v) is 7.21. The molecule has 0 aliphatic carbocycles. The minimum atomic E-state index is -0.766. The standard InChI is InChI=1S/C31H36IN5O4/c1-21-6-2-3-7-26(21)37-31(41)34-25-15-9-22(10-16-25)20-29(39)35-28(8-4-5-18-33)30(40)36-27(17-19-38)23-11-13-24(32)14-12-23/h2-3,6-7,9-16,19,27-28H,4-5,8,17-18,20,33H2,1H3,(H,35,39)(H,36,40)(H2,34,37,41)/t27-,28-/m0/s1. The summed E-state index contributed by atoms with van der Waals surface area (Å²) in [5, 5.41) is 11.4. The van der Waals surface area contributed by atoms with E-state index in [1.54, 1.807) is 24.3 Å². The number of amides is 4. The van der Waals surface area contributed by atoms with Gasteiger partial charge in [0.2, 0.25) is 11.8 Å². The number of benzene rings is 3. The molecule has 0 aromatic heterocycles. The van der Waals surface area contributed by atoms with E-state index in [0.717, 1.165) is 38.7 Å². The largest absolute Gasteiger partial charge is 0.347 e. The molecular formula is C31H36IN5O4. The quantitative estimate of drug-likeness (QED) is 0.0949. The molecule has 0 saturated carbocycles. The van der Waals surface area contributed by atoms with Crippen LogP contribution in [-0.4, -0.2) is 36.7 Å². The highest BCUT2D eigenvalue weighted by atomic mass is 127. The molecule has 4 amide bonds. The van der Waals surface area contributed by atoms with Crippen molar-refractivity contribution in [3.8, 4) is 0 Å². The van der Waals surface area contributed by atoms with Crippen molar-refractivity contribution in [2.75, 3.05) is 17.2 Å². The molecule has 0 fully saturated rings. The smallest absolute Gasteiger partial charge is 0.323 e. The zero-order valence-electron chi connectivity index (χ0n) is 23.0. The highest BCUT2D eigenvalue weighted by Crippen LogP contribution is 2.19. The minimum absolute atomic E-state index is 0.0608. The van der Waals surface area contributed by atoms with Gasteiger partial charge in [0.25, 0.3) is 0 Å². The fraction of sp³-hybridized carbons (Fsp3) is 0.290. The van der Waals surface area contributed by atoms with Crippen molar-refractivity contribution in [3.63, 3.8) is 0 Å². The van der Waals surface area contributed by atoms with Crippen molar-refractivity contribution in [1.82, 2.24) is 10.6 Å². The van der Waals surface area contributed by atoms with E-state index in [1.807, 2.05) is 55.5 Å². The number of rotatable bonds is 14.